The zero-order valence-corrected chi connectivity index (χ0v) is 11.7. The van der Waals surface area contributed by atoms with E-state index in [0.29, 0.717) is 0 Å². The number of benzene rings is 2. The summed E-state index contributed by atoms with van der Waals surface area (Å²) in [5, 5.41) is 12.6. The van der Waals surface area contributed by atoms with E-state index in [0.717, 1.165) is 12.1 Å². The van der Waals surface area contributed by atoms with Crippen LogP contribution in [0.1, 0.15) is 12.5 Å². The van der Waals surface area contributed by atoms with Gasteiger partial charge >= 0.3 is 0 Å². The molecule has 0 aliphatic heterocycles. The molecule has 98 valence electrons. The molecule has 1 N–H and O–H groups in total. The molecule has 0 spiro atoms. The molecule has 0 aliphatic rings. The Bertz CT molecular complexity index is 483. The maximum absolute atomic E-state index is 9.04. The molecule has 2 aromatic rings. The molecule has 0 unspecified atom stereocenters. The summed E-state index contributed by atoms with van der Waals surface area (Å²) in [5.41, 5.74) is 2.00. The van der Waals surface area contributed by atoms with Crippen molar-refractivity contribution >= 4 is 17.5 Å². The van der Waals surface area contributed by atoms with Crippen molar-refractivity contribution in [3.63, 3.8) is 0 Å². The standard InChI is InChI=1S/C16H17NOS/c1-13(17-18)16(12-14-8-4-2-5-9-14)19-15-10-6-3-7-11-15/h2-11,16,18H,12H2,1H3/b17-13+/t16-/m0/s1. The van der Waals surface area contributed by atoms with Crippen molar-refractivity contribution in [3.05, 3.63) is 66.2 Å². The van der Waals surface area contributed by atoms with Crippen LogP contribution in [0.2, 0.25) is 0 Å². The Kier molecular flexibility index (Phi) is 5.04. The molecule has 2 rings (SSSR count). The van der Waals surface area contributed by atoms with Gasteiger partial charge in [-0.05, 0) is 31.0 Å². The molecule has 0 radical (unpaired) electrons. The Labute approximate surface area is 118 Å². The fraction of sp³-hybridized carbons (Fsp3) is 0.188. The number of nitrogens with zero attached hydrogens (tertiary/aromatic N) is 1. The van der Waals surface area contributed by atoms with Crippen LogP contribution >= 0.6 is 11.8 Å². The molecule has 1 atom stereocenters. The molecule has 2 nitrogen and oxygen atoms in total. The van der Waals surface area contributed by atoms with Crippen LogP contribution in [0.4, 0.5) is 0 Å². The Hall–Kier alpha value is -1.74. The van der Waals surface area contributed by atoms with E-state index in [2.05, 4.69) is 29.4 Å². The van der Waals surface area contributed by atoms with E-state index in [-0.39, 0.29) is 5.25 Å². The summed E-state index contributed by atoms with van der Waals surface area (Å²) in [6.45, 7) is 1.86. The summed E-state index contributed by atoms with van der Waals surface area (Å²) in [6.07, 6.45) is 0.857. The highest BCUT2D eigenvalue weighted by atomic mass is 32.2. The van der Waals surface area contributed by atoms with Crippen LogP contribution in [0.3, 0.4) is 0 Å². The molecule has 19 heavy (non-hydrogen) atoms. The van der Waals surface area contributed by atoms with Crippen LogP contribution in [0.5, 0.6) is 0 Å². The highest BCUT2D eigenvalue weighted by Crippen LogP contribution is 2.26. The lowest BCUT2D eigenvalue weighted by Gasteiger charge is -2.15. The van der Waals surface area contributed by atoms with E-state index in [9.17, 15) is 0 Å². The van der Waals surface area contributed by atoms with Gasteiger partial charge in [0.15, 0.2) is 0 Å². The highest BCUT2D eigenvalue weighted by Gasteiger charge is 2.15. The predicted molar refractivity (Wildman–Crippen MR) is 81.1 cm³/mol. The van der Waals surface area contributed by atoms with E-state index in [1.165, 1.54) is 10.5 Å². The summed E-state index contributed by atoms with van der Waals surface area (Å²) in [6, 6.07) is 20.5. The molecule has 3 heteroatoms. The first kappa shape index (κ1) is 13.7. The minimum absolute atomic E-state index is 0.148. The largest absolute Gasteiger partial charge is 0.411 e. The topological polar surface area (TPSA) is 32.6 Å². The van der Waals surface area contributed by atoms with Crippen molar-refractivity contribution in [3.8, 4) is 0 Å². The number of rotatable bonds is 5. The summed E-state index contributed by atoms with van der Waals surface area (Å²) >= 11 is 1.73. The Morgan fingerprint density at radius 1 is 1.05 bits per heavy atom. The third-order valence-electron chi connectivity index (χ3n) is 2.91. The summed E-state index contributed by atoms with van der Waals surface area (Å²) in [4.78, 5) is 1.19. The Morgan fingerprint density at radius 3 is 2.21 bits per heavy atom. The molecule has 0 saturated carbocycles. The van der Waals surface area contributed by atoms with Crippen molar-refractivity contribution in [1.82, 2.24) is 0 Å². The second-order valence-corrected chi connectivity index (χ2v) is 5.63. The molecular formula is C16H17NOS. The van der Waals surface area contributed by atoms with Gasteiger partial charge in [-0.15, -0.1) is 11.8 Å². The quantitative estimate of drug-likeness (QED) is 0.382. The van der Waals surface area contributed by atoms with Gasteiger partial charge in [0.2, 0.25) is 0 Å². The number of hydrogen-bond acceptors (Lipinski definition) is 3. The zero-order valence-electron chi connectivity index (χ0n) is 10.9. The van der Waals surface area contributed by atoms with Crippen molar-refractivity contribution in [2.45, 2.75) is 23.5 Å². The lowest BCUT2D eigenvalue weighted by Crippen LogP contribution is -2.17. The highest BCUT2D eigenvalue weighted by molar-refractivity contribution is 8.00. The summed E-state index contributed by atoms with van der Waals surface area (Å²) in [7, 11) is 0. The average molecular weight is 271 g/mol. The molecule has 0 heterocycles. The number of oxime groups is 1. The third kappa shape index (κ3) is 4.14. The van der Waals surface area contributed by atoms with E-state index < -0.39 is 0 Å². The Balaban J connectivity index is 2.13. The second-order valence-electron chi connectivity index (χ2n) is 4.35. The molecule has 0 bridgehead atoms. The smallest absolute Gasteiger partial charge is 0.0676 e. The van der Waals surface area contributed by atoms with Crippen LogP contribution in [0, 0.1) is 0 Å². The van der Waals surface area contributed by atoms with E-state index >= 15 is 0 Å². The fourth-order valence-electron chi connectivity index (χ4n) is 1.83. The fourth-order valence-corrected chi connectivity index (χ4v) is 2.97. The molecule has 0 saturated heterocycles. The second kappa shape index (κ2) is 7.00. The molecule has 0 amide bonds. The number of hydrogen-bond donors (Lipinski definition) is 1. The lowest BCUT2D eigenvalue weighted by molar-refractivity contribution is 0.317. The summed E-state index contributed by atoms with van der Waals surface area (Å²) in [5.74, 6) is 0. The molecule has 0 aliphatic carbocycles. The monoisotopic (exact) mass is 271 g/mol. The maximum Gasteiger partial charge on any atom is 0.0676 e. The normalized spacial score (nSPS) is 13.2. The minimum Gasteiger partial charge on any atom is -0.411 e. The van der Waals surface area contributed by atoms with E-state index in [1.807, 2.05) is 43.3 Å². The minimum atomic E-state index is 0.148. The van der Waals surface area contributed by atoms with E-state index in [1.54, 1.807) is 11.8 Å². The predicted octanol–water partition coefficient (Wildman–Crippen LogP) is 4.24. The first-order chi connectivity index (χ1) is 9.29. The summed E-state index contributed by atoms with van der Waals surface area (Å²) < 4.78 is 0. The van der Waals surface area contributed by atoms with Crippen LogP contribution < -0.4 is 0 Å². The number of thioether (sulfide) groups is 1. The SMILES string of the molecule is C/C(=N\O)[C@H](Cc1ccccc1)Sc1ccccc1. The van der Waals surface area contributed by atoms with Gasteiger partial charge in [0, 0.05) is 4.90 Å². The van der Waals surface area contributed by atoms with Gasteiger partial charge in [-0.25, -0.2) is 0 Å². The van der Waals surface area contributed by atoms with Gasteiger partial charge in [0.05, 0.1) is 11.0 Å². The van der Waals surface area contributed by atoms with Crippen molar-refractivity contribution in [1.29, 1.82) is 0 Å². The maximum atomic E-state index is 9.04. The Morgan fingerprint density at radius 2 is 1.63 bits per heavy atom. The first-order valence-corrected chi connectivity index (χ1v) is 7.11. The molecule has 0 fully saturated rings. The average Bonchev–Trinajstić information content (AvgIpc) is 2.48. The molecular weight excluding hydrogens is 254 g/mol. The first-order valence-electron chi connectivity index (χ1n) is 6.24. The van der Waals surface area contributed by atoms with Gasteiger partial charge in [-0.2, -0.15) is 0 Å². The van der Waals surface area contributed by atoms with Gasteiger partial charge in [0.25, 0.3) is 0 Å². The van der Waals surface area contributed by atoms with Gasteiger partial charge in [-0.1, -0.05) is 53.7 Å². The van der Waals surface area contributed by atoms with Crippen LogP contribution in [-0.4, -0.2) is 16.2 Å². The van der Waals surface area contributed by atoms with Gasteiger partial charge in [-0.3, -0.25) is 0 Å². The van der Waals surface area contributed by atoms with Gasteiger partial charge < -0.3 is 5.21 Å². The lowest BCUT2D eigenvalue weighted by atomic mass is 10.1. The zero-order chi connectivity index (χ0) is 13.5. The van der Waals surface area contributed by atoms with Crippen LogP contribution in [0.15, 0.2) is 70.7 Å². The van der Waals surface area contributed by atoms with Crippen LogP contribution in [0.25, 0.3) is 0 Å². The van der Waals surface area contributed by atoms with Crippen molar-refractivity contribution in [2.24, 2.45) is 5.16 Å². The van der Waals surface area contributed by atoms with E-state index in [4.69, 9.17) is 5.21 Å². The van der Waals surface area contributed by atoms with Crippen molar-refractivity contribution in [2.75, 3.05) is 0 Å². The van der Waals surface area contributed by atoms with Crippen molar-refractivity contribution < 1.29 is 5.21 Å². The third-order valence-corrected chi connectivity index (χ3v) is 4.25. The van der Waals surface area contributed by atoms with Gasteiger partial charge in [0.1, 0.15) is 0 Å². The molecule has 0 aromatic heterocycles. The molecule has 2 aromatic carbocycles. The van der Waals surface area contributed by atoms with Crippen LogP contribution in [-0.2, 0) is 6.42 Å².